The molecule has 0 radical (unpaired) electrons. The molecule has 1 heterocycles. The van der Waals surface area contributed by atoms with Crippen molar-refractivity contribution in [3.63, 3.8) is 0 Å². The number of piperidine rings is 1. The van der Waals surface area contributed by atoms with Crippen molar-refractivity contribution >= 4 is 16.1 Å². The summed E-state index contributed by atoms with van der Waals surface area (Å²) in [4.78, 5) is 13.2. The first-order chi connectivity index (χ1) is 10.2. The van der Waals surface area contributed by atoms with E-state index in [4.69, 9.17) is 4.74 Å². The highest BCUT2D eigenvalue weighted by molar-refractivity contribution is 7.88. The molecule has 0 spiro atoms. The number of rotatable bonds is 3. The fourth-order valence-corrected chi connectivity index (χ4v) is 3.19. The second kappa shape index (κ2) is 6.84. The van der Waals surface area contributed by atoms with Crippen molar-refractivity contribution in [3.8, 4) is 0 Å². The lowest BCUT2D eigenvalue weighted by Crippen LogP contribution is -2.53. The molecule has 1 aliphatic rings. The van der Waals surface area contributed by atoms with E-state index in [0.29, 0.717) is 6.26 Å². The second-order valence-corrected chi connectivity index (χ2v) is 8.49. The molecular weight excluding hydrogens is 337 g/mol. The average Bonchev–Trinajstić information content (AvgIpc) is 2.32. The van der Waals surface area contributed by atoms with Gasteiger partial charge in [0.2, 0.25) is 10.0 Å². The number of sulfonamides is 1. The Balaban J connectivity index is 2.70. The molecule has 1 rings (SSSR count). The molecule has 1 amide bonds. The minimum Gasteiger partial charge on any atom is -0.444 e. The summed E-state index contributed by atoms with van der Waals surface area (Å²) in [6.07, 6.45) is -4.46. The Morgan fingerprint density at radius 3 is 2.04 bits per heavy atom. The van der Waals surface area contributed by atoms with E-state index in [0.717, 1.165) is 0 Å². The molecular formula is C13H23F3N2O4S. The third kappa shape index (κ3) is 6.94. The van der Waals surface area contributed by atoms with Crippen LogP contribution in [0.15, 0.2) is 0 Å². The van der Waals surface area contributed by atoms with Crippen molar-refractivity contribution in [2.45, 2.75) is 51.4 Å². The first-order valence-electron chi connectivity index (χ1n) is 7.21. The smallest absolute Gasteiger partial charge is 0.410 e. The van der Waals surface area contributed by atoms with Crippen LogP contribution in [0.2, 0.25) is 0 Å². The van der Waals surface area contributed by atoms with Crippen LogP contribution in [0.5, 0.6) is 0 Å². The van der Waals surface area contributed by atoms with E-state index in [9.17, 15) is 26.4 Å². The highest BCUT2D eigenvalue weighted by atomic mass is 32.2. The molecule has 0 saturated carbocycles. The van der Waals surface area contributed by atoms with Crippen LogP contribution in [0.4, 0.5) is 18.0 Å². The zero-order chi connectivity index (χ0) is 18.1. The zero-order valence-electron chi connectivity index (χ0n) is 13.6. The van der Waals surface area contributed by atoms with Crippen LogP contribution < -0.4 is 4.72 Å². The van der Waals surface area contributed by atoms with Gasteiger partial charge in [0.25, 0.3) is 0 Å². The van der Waals surface area contributed by atoms with Gasteiger partial charge >= 0.3 is 12.3 Å². The molecule has 1 aliphatic heterocycles. The molecule has 0 aromatic rings. The van der Waals surface area contributed by atoms with E-state index in [1.54, 1.807) is 25.5 Å². The molecule has 1 fully saturated rings. The average molecular weight is 360 g/mol. The maximum atomic E-state index is 13.1. The Morgan fingerprint density at radius 2 is 1.70 bits per heavy atom. The van der Waals surface area contributed by atoms with Crippen molar-refractivity contribution in [1.82, 2.24) is 9.62 Å². The molecule has 0 aromatic heterocycles. The molecule has 0 aromatic carbocycles. The summed E-state index contributed by atoms with van der Waals surface area (Å²) in [5.74, 6) is -0.914. The van der Waals surface area contributed by atoms with E-state index >= 15 is 0 Å². The Hall–Kier alpha value is -1.03. The molecule has 10 heteroatoms. The van der Waals surface area contributed by atoms with Crippen molar-refractivity contribution < 1.29 is 31.1 Å². The van der Waals surface area contributed by atoms with Gasteiger partial charge in [0.05, 0.1) is 6.26 Å². The fraction of sp³-hybridized carbons (Fsp3) is 0.923. The largest absolute Gasteiger partial charge is 0.444 e. The van der Waals surface area contributed by atoms with E-state index in [2.05, 4.69) is 0 Å². The number of halogens is 3. The number of nitrogens with one attached hydrogen (secondary N) is 1. The molecule has 23 heavy (non-hydrogen) atoms. The third-order valence-electron chi connectivity index (χ3n) is 3.36. The van der Waals surface area contributed by atoms with Crippen molar-refractivity contribution in [2.75, 3.05) is 19.3 Å². The molecule has 0 aliphatic carbocycles. The van der Waals surface area contributed by atoms with Gasteiger partial charge in [-0.3, -0.25) is 0 Å². The molecule has 136 valence electrons. The van der Waals surface area contributed by atoms with Gasteiger partial charge in [-0.25, -0.2) is 17.9 Å². The first kappa shape index (κ1) is 20.0. The highest BCUT2D eigenvalue weighted by Gasteiger charge is 2.47. The standard InChI is InChI=1S/C13H23F3N2O4S/c1-12(2,3)22-11(19)18-7-5-9(6-8-18)10(13(14,15)16)17-23(4,20)21/h9-10,17H,5-8H2,1-4H3. The quantitative estimate of drug-likeness (QED) is 0.836. The fourth-order valence-electron chi connectivity index (χ4n) is 2.40. The van der Waals surface area contributed by atoms with E-state index < -0.39 is 39.9 Å². The molecule has 1 N–H and O–H groups in total. The summed E-state index contributed by atoms with van der Waals surface area (Å²) < 4.78 is 68.4. The second-order valence-electron chi connectivity index (χ2n) is 6.71. The summed E-state index contributed by atoms with van der Waals surface area (Å²) in [7, 11) is -3.98. The minimum atomic E-state index is -4.68. The van der Waals surface area contributed by atoms with Crippen LogP contribution in [0.3, 0.4) is 0 Å². The normalized spacial score (nSPS) is 19.5. The summed E-state index contributed by atoms with van der Waals surface area (Å²) >= 11 is 0. The molecule has 0 bridgehead atoms. The van der Waals surface area contributed by atoms with Crippen molar-refractivity contribution in [2.24, 2.45) is 5.92 Å². The van der Waals surface area contributed by atoms with Gasteiger partial charge in [0.15, 0.2) is 0 Å². The Morgan fingerprint density at radius 1 is 1.22 bits per heavy atom. The van der Waals surface area contributed by atoms with Crippen LogP contribution >= 0.6 is 0 Å². The van der Waals surface area contributed by atoms with E-state index in [-0.39, 0.29) is 25.9 Å². The third-order valence-corrected chi connectivity index (χ3v) is 4.04. The van der Waals surface area contributed by atoms with Gasteiger partial charge in [0, 0.05) is 13.1 Å². The van der Waals surface area contributed by atoms with Crippen molar-refractivity contribution in [1.29, 1.82) is 0 Å². The number of hydrogen-bond acceptors (Lipinski definition) is 4. The van der Waals surface area contributed by atoms with Crippen LogP contribution in [-0.4, -0.2) is 56.6 Å². The maximum absolute atomic E-state index is 13.1. The van der Waals surface area contributed by atoms with Crippen LogP contribution in [0.1, 0.15) is 33.6 Å². The Bertz CT molecular complexity index is 520. The maximum Gasteiger partial charge on any atom is 0.410 e. The lowest BCUT2D eigenvalue weighted by Gasteiger charge is -2.37. The van der Waals surface area contributed by atoms with Crippen LogP contribution in [0, 0.1) is 5.92 Å². The van der Waals surface area contributed by atoms with Gasteiger partial charge in [0.1, 0.15) is 11.6 Å². The Kier molecular flexibility index (Phi) is 5.95. The lowest BCUT2D eigenvalue weighted by molar-refractivity contribution is -0.166. The topological polar surface area (TPSA) is 75.7 Å². The zero-order valence-corrected chi connectivity index (χ0v) is 14.4. The minimum absolute atomic E-state index is 0.0476. The van der Waals surface area contributed by atoms with Gasteiger partial charge in [-0.1, -0.05) is 0 Å². The highest BCUT2D eigenvalue weighted by Crippen LogP contribution is 2.32. The van der Waals surface area contributed by atoms with Gasteiger partial charge < -0.3 is 9.64 Å². The number of amides is 1. The number of carbonyl (C=O) groups excluding carboxylic acids is 1. The SMILES string of the molecule is CC(C)(C)OC(=O)N1CCC(C(NS(C)(=O)=O)C(F)(F)F)CC1. The number of hydrogen-bond donors (Lipinski definition) is 1. The summed E-state index contributed by atoms with van der Waals surface area (Å²) in [5, 5.41) is 0. The number of likely N-dealkylation sites (tertiary alicyclic amines) is 1. The molecule has 6 nitrogen and oxygen atoms in total. The summed E-state index contributed by atoms with van der Waals surface area (Å²) in [6.45, 7) is 5.29. The molecule has 1 atom stereocenters. The molecule has 1 saturated heterocycles. The summed E-state index contributed by atoms with van der Waals surface area (Å²) in [5.41, 5.74) is -0.680. The van der Waals surface area contributed by atoms with Crippen LogP contribution in [-0.2, 0) is 14.8 Å². The molecule has 1 unspecified atom stereocenters. The number of alkyl halides is 3. The lowest BCUT2D eigenvalue weighted by atomic mass is 9.89. The number of nitrogens with zero attached hydrogens (tertiary/aromatic N) is 1. The van der Waals surface area contributed by atoms with Crippen LogP contribution in [0.25, 0.3) is 0 Å². The van der Waals surface area contributed by atoms with Gasteiger partial charge in [-0.15, -0.1) is 0 Å². The predicted octanol–water partition coefficient (Wildman–Crippen LogP) is 2.11. The van der Waals surface area contributed by atoms with Gasteiger partial charge in [-0.2, -0.15) is 13.2 Å². The first-order valence-corrected chi connectivity index (χ1v) is 9.10. The van der Waals surface area contributed by atoms with Gasteiger partial charge in [-0.05, 0) is 39.5 Å². The number of ether oxygens (including phenoxy) is 1. The van der Waals surface area contributed by atoms with E-state index in [1.807, 2.05) is 0 Å². The van der Waals surface area contributed by atoms with Crippen molar-refractivity contribution in [3.05, 3.63) is 0 Å². The van der Waals surface area contributed by atoms with E-state index in [1.165, 1.54) is 4.90 Å². The Labute approximate surface area is 134 Å². The number of carbonyl (C=O) groups is 1. The predicted molar refractivity (Wildman–Crippen MR) is 78.4 cm³/mol. The monoisotopic (exact) mass is 360 g/mol. The summed E-state index contributed by atoms with van der Waals surface area (Å²) in [6, 6.07) is -2.14.